The molecule has 0 aliphatic rings. The minimum Gasteiger partial charge on any atom is -0.307 e. The predicted octanol–water partition coefficient (Wildman–Crippen LogP) is 1.80. The lowest BCUT2D eigenvalue weighted by molar-refractivity contribution is -0.124. The van der Waals surface area contributed by atoms with Gasteiger partial charge in [-0.05, 0) is 24.6 Å². The lowest BCUT2D eigenvalue weighted by Crippen LogP contribution is -2.36. The van der Waals surface area contributed by atoms with Gasteiger partial charge < -0.3 is 5.43 Å². The van der Waals surface area contributed by atoms with Crippen molar-refractivity contribution in [2.45, 2.75) is 20.8 Å². The highest BCUT2D eigenvalue weighted by atomic mass is 16.2. The summed E-state index contributed by atoms with van der Waals surface area (Å²) in [6, 6.07) is 3.94. The Morgan fingerprint density at radius 3 is 2.31 bits per heavy atom. The van der Waals surface area contributed by atoms with Gasteiger partial charge in [0.05, 0.1) is 0 Å². The van der Waals surface area contributed by atoms with Crippen molar-refractivity contribution in [1.29, 1.82) is 0 Å². The van der Waals surface area contributed by atoms with Gasteiger partial charge in [0.2, 0.25) is 5.91 Å². The molecule has 16 heavy (non-hydrogen) atoms. The molecule has 1 aromatic heterocycles. The fourth-order valence-corrected chi connectivity index (χ4v) is 0.693. The first-order chi connectivity index (χ1) is 7.57. The van der Waals surface area contributed by atoms with Crippen LogP contribution in [0.15, 0.2) is 37.3 Å². The molecule has 4 nitrogen and oxygen atoms in total. The number of pyridine rings is 1. The topological polar surface area (TPSA) is 54.0 Å². The second-order valence-corrected chi connectivity index (χ2v) is 3.52. The molecular formula is C12H19N3O. The van der Waals surface area contributed by atoms with E-state index in [1.807, 2.05) is 32.9 Å². The first-order valence-corrected chi connectivity index (χ1v) is 5.10. The molecule has 88 valence electrons. The van der Waals surface area contributed by atoms with Crippen LogP contribution in [0.3, 0.4) is 0 Å². The number of hydrazine groups is 1. The molecule has 1 rings (SSSR count). The van der Waals surface area contributed by atoms with E-state index in [2.05, 4.69) is 22.4 Å². The van der Waals surface area contributed by atoms with Gasteiger partial charge in [-0.25, -0.2) is 0 Å². The molecule has 2 N–H and O–H groups in total. The number of rotatable bonds is 3. The number of hydrogen-bond acceptors (Lipinski definition) is 3. The Morgan fingerprint density at radius 2 is 2.00 bits per heavy atom. The third-order valence-electron chi connectivity index (χ3n) is 1.67. The quantitative estimate of drug-likeness (QED) is 0.765. The van der Waals surface area contributed by atoms with Crippen molar-refractivity contribution >= 4 is 5.91 Å². The molecule has 0 aliphatic carbocycles. The minimum atomic E-state index is -0.0325. The number of nitrogens with one attached hydrogen (secondary N) is 2. The van der Waals surface area contributed by atoms with Crippen molar-refractivity contribution < 1.29 is 4.79 Å². The summed E-state index contributed by atoms with van der Waals surface area (Å²) >= 11 is 0. The summed E-state index contributed by atoms with van der Waals surface area (Å²) in [5, 5.41) is 0. The molecule has 1 amide bonds. The van der Waals surface area contributed by atoms with Crippen LogP contribution in [0.1, 0.15) is 19.4 Å². The third kappa shape index (κ3) is 7.55. The molecule has 0 aliphatic heterocycles. The van der Waals surface area contributed by atoms with Gasteiger partial charge in [-0.1, -0.05) is 20.4 Å². The molecule has 0 unspecified atom stereocenters. The number of nitrogens with zero attached hydrogens (tertiary/aromatic N) is 1. The van der Waals surface area contributed by atoms with Crippen LogP contribution in [0.4, 0.5) is 0 Å². The molecule has 1 heterocycles. The van der Waals surface area contributed by atoms with Gasteiger partial charge in [-0.15, -0.1) is 0 Å². The third-order valence-corrected chi connectivity index (χ3v) is 1.67. The van der Waals surface area contributed by atoms with E-state index in [4.69, 9.17) is 0 Å². The molecule has 4 heteroatoms. The Kier molecular flexibility index (Phi) is 7.49. The lowest BCUT2D eigenvalue weighted by atomic mass is 10.2. The fourth-order valence-electron chi connectivity index (χ4n) is 0.693. The van der Waals surface area contributed by atoms with Crippen molar-refractivity contribution in [3.8, 4) is 0 Å². The van der Waals surface area contributed by atoms with Gasteiger partial charge in [0.25, 0.3) is 0 Å². The van der Waals surface area contributed by atoms with Crippen LogP contribution >= 0.6 is 0 Å². The van der Waals surface area contributed by atoms with Crippen LogP contribution in [0.5, 0.6) is 0 Å². The van der Waals surface area contributed by atoms with E-state index < -0.39 is 0 Å². The molecule has 0 fully saturated rings. The lowest BCUT2D eigenvalue weighted by Gasteiger charge is -2.04. The van der Waals surface area contributed by atoms with Gasteiger partial charge >= 0.3 is 0 Å². The summed E-state index contributed by atoms with van der Waals surface area (Å²) in [7, 11) is 0. The van der Waals surface area contributed by atoms with E-state index >= 15 is 0 Å². The summed E-state index contributed by atoms with van der Waals surface area (Å²) < 4.78 is 0. The summed E-state index contributed by atoms with van der Waals surface area (Å²) in [5.41, 5.74) is 6.18. The second-order valence-electron chi connectivity index (χ2n) is 3.52. The molecular weight excluding hydrogens is 202 g/mol. The number of hydrogen-bond donors (Lipinski definition) is 2. The Hall–Kier alpha value is -1.84. The van der Waals surface area contributed by atoms with Gasteiger partial charge in [0, 0.05) is 24.5 Å². The maximum Gasteiger partial charge on any atom is 0.240 e. The highest BCUT2D eigenvalue weighted by Crippen LogP contribution is 1.89. The molecule has 0 spiro atoms. The van der Waals surface area contributed by atoms with Crippen molar-refractivity contribution in [2.24, 2.45) is 5.92 Å². The first-order valence-electron chi connectivity index (χ1n) is 5.10. The van der Waals surface area contributed by atoms with Crippen molar-refractivity contribution in [3.05, 3.63) is 42.9 Å². The van der Waals surface area contributed by atoms with E-state index in [0.29, 0.717) is 0 Å². The predicted molar refractivity (Wildman–Crippen MR) is 65.3 cm³/mol. The monoisotopic (exact) mass is 221 g/mol. The number of carbonyl (C=O) groups excluding carboxylic acids is 1. The SMILES string of the molecule is C=CNNC(=O)C(C)C.Cc1ccncc1. The molecule has 0 bridgehead atoms. The van der Waals surface area contributed by atoms with Crippen LogP contribution in [-0.4, -0.2) is 10.9 Å². The van der Waals surface area contributed by atoms with E-state index in [-0.39, 0.29) is 11.8 Å². The van der Waals surface area contributed by atoms with Crippen LogP contribution in [0.25, 0.3) is 0 Å². The number of carbonyl (C=O) groups is 1. The number of aryl methyl sites for hydroxylation is 1. The summed E-state index contributed by atoms with van der Waals surface area (Å²) in [6.45, 7) is 9.05. The van der Waals surface area contributed by atoms with E-state index in [9.17, 15) is 4.79 Å². The van der Waals surface area contributed by atoms with E-state index in [1.54, 1.807) is 12.4 Å². The zero-order valence-corrected chi connectivity index (χ0v) is 10.0. The van der Waals surface area contributed by atoms with Crippen LogP contribution < -0.4 is 10.9 Å². The maximum atomic E-state index is 10.7. The molecule has 0 aromatic carbocycles. The van der Waals surface area contributed by atoms with Gasteiger partial charge in [0.15, 0.2) is 0 Å². The van der Waals surface area contributed by atoms with E-state index in [1.165, 1.54) is 11.8 Å². The standard InChI is InChI=1S/C6H12N2O.C6H7N/c1-4-7-8-6(9)5(2)3;1-6-2-4-7-5-3-6/h4-5,7H,1H2,2-3H3,(H,8,9);2-5H,1H3. The average molecular weight is 221 g/mol. The maximum absolute atomic E-state index is 10.7. The highest BCUT2D eigenvalue weighted by Gasteiger charge is 2.02. The molecule has 0 atom stereocenters. The van der Waals surface area contributed by atoms with Gasteiger partial charge in [-0.2, -0.15) is 0 Å². The van der Waals surface area contributed by atoms with Crippen molar-refractivity contribution in [2.75, 3.05) is 0 Å². The van der Waals surface area contributed by atoms with E-state index in [0.717, 1.165) is 0 Å². The van der Waals surface area contributed by atoms with Gasteiger partial charge in [0.1, 0.15) is 0 Å². The average Bonchev–Trinajstić information content (AvgIpc) is 2.27. The molecule has 0 saturated carbocycles. The normalized spacial score (nSPS) is 8.75. The van der Waals surface area contributed by atoms with Crippen LogP contribution in [0, 0.1) is 12.8 Å². The largest absolute Gasteiger partial charge is 0.307 e. The molecule has 0 radical (unpaired) electrons. The van der Waals surface area contributed by atoms with Gasteiger partial charge in [-0.3, -0.25) is 15.2 Å². The second kappa shape index (κ2) is 8.47. The Morgan fingerprint density at radius 1 is 1.44 bits per heavy atom. The fraction of sp³-hybridized carbons (Fsp3) is 0.333. The summed E-state index contributed by atoms with van der Waals surface area (Å²) in [5.74, 6) is -0.0210. The minimum absolute atomic E-state index is 0.0115. The summed E-state index contributed by atoms with van der Waals surface area (Å²) in [6.07, 6.45) is 4.99. The smallest absolute Gasteiger partial charge is 0.240 e. The van der Waals surface area contributed by atoms with Crippen molar-refractivity contribution in [3.63, 3.8) is 0 Å². The highest BCUT2D eigenvalue weighted by molar-refractivity contribution is 5.77. The number of amides is 1. The first kappa shape index (κ1) is 14.2. The summed E-state index contributed by atoms with van der Waals surface area (Å²) in [4.78, 5) is 14.5. The van der Waals surface area contributed by atoms with Crippen LogP contribution in [-0.2, 0) is 4.79 Å². The number of aromatic nitrogens is 1. The Labute approximate surface area is 96.8 Å². The van der Waals surface area contributed by atoms with Crippen molar-refractivity contribution in [1.82, 2.24) is 15.8 Å². The Balaban J connectivity index is 0.000000288. The van der Waals surface area contributed by atoms with Crippen LogP contribution in [0.2, 0.25) is 0 Å². The Bertz CT molecular complexity index is 309. The molecule has 1 aromatic rings. The zero-order valence-electron chi connectivity index (χ0n) is 10.0. The zero-order chi connectivity index (χ0) is 12.4. The molecule has 0 saturated heterocycles.